The summed E-state index contributed by atoms with van der Waals surface area (Å²) in [6.07, 6.45) is 0.0882. The summed E-state index contributed by atoms with van der Waals surface area (Å²) >= 11 is 0. The first-order chi connectivity index (χ1) is 7.38. The van der Waals surface area contributed by atoms with Crippen molar-refractivity contribution < 1.29 is 19.8 Å². The minimum absolute atomic E-state index is 0.00199. The Hall–Kier alpha value is -1.14. The zero-order valence-electron chi connectivity index (χ0n) is 9.64. The number of carboxylic acids is 1. The summed E-state index contributed by atoms with van der Waals surface area (Å²) in [6, 6.07) is -1.33. The highest BCUT2D eigenvalue weighted by molar-refractivity contribution is 5.83. The van der Waals surface area contributed by atoms with Crippen molar-refractivity contribution in [3.63, 3.8) is 0 Å². The third-order valence-electron chi connectivity index (χ3n) is 2.33. The first kappa shape index (κ1) is 14.9. The average molecular weight is 232 g/mol. The van der Waals surface area contributed by atoms with E-state index in [2.05, 4.69) is 5.32 Å². The minimum atomic E-state index is -1.15. The van der Waals surface area contributed by atoms with E-state index in [0.717, 1.165) is 0 Å². The van der Waals surface area contributed by atoms with Crippen LogP contribution in [-0.4, -0.2) is 40.8 Å². The van der Waals surface area contributed by atoms with Gasteiger partial charge in [0.2, 0.25) is 5.91 Å². The fraction of sp³-hybridized carbons (Fsp3) is 0.800. The fourth-order valence-corrected chi connectivity index (χ4v) is 1.09. The predicted molar refractivity (Wildman–Crippen MR) is 58.7 cm³/mol. The Morgan fingerprint density at radius 2 is 1.94 bits per heavy atom. The molecule has 0 heterocycles. The molecule has 6 heteroatoms. The predicted octanol–water partition coefficient (Wildman–Crippen LogP) is -0.688. The fourth-order valence-electron chi connectivity index (χ4n) is 1.09. The van der Waals surface area contributed by atoms with Gasteiger partial charge in [-0.2, -0.15) is 0 Å². The number of carboxylic acid groups (broad SMARTS) is 1. The van der Waals surface area contributed by atoms with E-state index in [4.69, 9.17) is 15.9 Å². The van der Waals surface area contributed by atoms with E-state index in [1.165, 1.54) is 0 Å². The highest BCUT2D eigenvalue weighted by Gasteiger charge is 2.21. The molecule has 0 aromatic rings. The number of hydrogen-bond acceptors (Lipinski definition) is 4. The number of amides is 1. The molecule has 0 spiro atoms. The van der Waals surface area contributed by atoms with Gasteiger partial charge in [-0.15, -0.1) is 0 Å². The number of aliphatic hydroxyl groups is 1. The molecule has 94 valence electrons. The van der Waals surface area contributed by atoms with Gasteiger partial charge >= 0.3 is 5.97 Å². The van der Waals surface area contributed by atoms with Crippen LogP contribution in [0.4, 0.5) is 0 Å². The van der Waals surface area contributed by atoms with Gasteiger partial charge in [0.05, 0.1) is 0 Å². The Morgan fingerprint density at radius 1 is 1.38 bits per heavy atom. The quantitative estimate of drug-likeness (QED) is 0.464. The van der Waals surface area contributed by atoms with Crippen molar-refractivity contribution in [3.8, 4) is 0 Å². The lowest BCUT2D eigenvalue weighted by molar-refractivity contribution is -0.142. The molecule has 0 aliphatic heterocycles. The van der Waals surface area contributed by atoms with E-state index in [-0.39, 0.29) is 31.4 Å². The summed E-state index contributed by atoms with van der Waals surface area (Å²) in [7, 11) is 0. The summed E-state index contributed by atoms with van der Waals surface area (Å²) in [6.45, 7) is 3.49. The molecular formula is C10H20N2O4. The van der Waals surface area contributed by atoms with Crippen LogP contribution in [0.2, 0.25) is 0 Å². The summed E-state index contributed by atoms with van der Waals surface area (Å²) in [5.74, 6) is -1.39. The van der Waals surface area contributed by atoms with Crippen molar-refractivity contribution in [2.45, 2.75) is 38.8 Å². The largest absolute Gasteiger partial charge is 0.480 e. The number of aliphatic hydroxyl groups excluding tert-OH is 1. The summed E-state index contributed by atoms with van der Waals surface area (Å²) < 4.78 is 0. The van der Waals surface area contributed by atoms with E-state index < -0.39 is 17.9 Å². The molecule has 0 fully saturated rings. The van der Waals surface area contributed by atoms with Crippen molar-refractivity contribution in [3.05, 3.63) is 0 Å². The normalized spacial score (nSPS) is 14.6. The van der Waals surface area contributed by atoms with Crippen LogP contribution in [0.1, 0.15) is 26.7 Å². The van der Waals surface area contributed by atoms with Gasteiger partial charge in [-0.1, -0.05) is 13.8 Å². The Labute approximate surface area is 94.8 Å². The van der Waals surface area contributed by atoms with Gasteiger partial charge in [-0.05, 0) is 5.92 Å². The molecule has 1 amide bonds. The second-order valence-corrected chi connectivity index (χ2v) is 4.08. The van der Waals surface area contributed by atoms with Crippen LogP contribution < -0.4 is 11.1 Å². The Kier molecular flexibility index (Phi) is 6.67. The van der Waals surface area contributed by atoms with Crippen molar-refractivity contribution in [2.24, 2.45) is 11.7 Å². The summed E-state index contributed by atoms with van der Waals surface area (Å²) in [5, 5.41) is 19.7. The van der Waals surface area contributed by atoms with Gasteiger partial charge in [-0.25, -0.2) is 4.79 Å². The van der Waals surface area contributed by atoms with Gasteiger partial charge in [-0.3, -0.25) is 4.79 Å². The maximum absolute atomic E-state index is 11.4. The molecule has 0 aliphatic carbocycles. The van der Waals surface area contributed by atoms with Crippen molar-refractivity contribution in [1.29, 1.82) is 0 Å². The van der Waals surface area contributed by atoms with Gasteiger partial charge in [0.15, 0.2) is 0 Å². The van der Waals surface area contributed by atoms with Crippen LogP contribution in [0.15, 0.2) is 0 Å². The lowest BCUT2D eigenvalue weighted by atomic mass is 10.0. The molecule has 0 aromatic heterocycles. The molecule has 0 aliphatic rings. The van der Waals surface area contributed by atoms with E-state index >= 15 is 0 Å². The Bertz CT molecular complexity index is 243. The monoisotopic (exact) mass is 232 g/mol. The van der Waals surface area contributed by atoms with Crippen molar-refractivity contribution in [2.75, 3.05) is 6.61 Å². The summed E-state index contributed by atoms with van der Waals surface area (Å²) in [4.78, 5) is 22.1. The maximum Gasteiger partial charge on any atom is 0.326 e. The molecule has 6 nitrogen and oxygen atoms in total. The number of nitrogens with one attached hydrogen (secondary N) is 1. The molecular weight excluding hydrogens is 212 g/mol. The number of carbonyl (C=O) groups excluding carboxylic acids is 1. The summed E-state index contributed by atoms with van der Waals surface area (Å²) in [5.41, 5.74) is 5.69. The first-order valence-corrected chi connectivity index (χ1v) is 5.27. The van der Waals surface area contributed by atoms with Gasteiger partial charge in [0.1, 0.15) is 6.04 Å². The molecule has 1 unspecified atom stereocenters. The van der Waals surface area contributed by atoms with Gasteiger partial charge in [0.25, 0.3) is 0 Å². The number of nitrogens with two attached hydrogens (primary N) is 1. The zero-order valence-corrected chi connectivity index (χ0v) is 9.64. The standard InChI is InChI=1S/C10H20N2O4/c1-6(2)7(11)5-9(14)12-8(3-4-13)10(15)16/h6-8,13H,3-5,11H2,1-2H3,(H,12,14)(H,15,16)/t7?,8-/m1/s1. The molecule has 0 rings (SSSR count). The zero-order chi connectivity index (χ0) is 12.7. The van der Waals surface area contributed by atoms with Gasteiger partial charge in [0, 0.05) is 25.5 Å². The van der Waals surface area contributed by atoms with Crippen LogP contribution in [-0.2, 0) is 9.59 Å². The molecule has 0 saturated carbocycles. The topological polar surface area (TPSA) is 113 Å². The molecule has 0 radical (unpaired) electrons. The molecule has 0 saturated heterocycles. The number of hydrogen-bond donors (Lipinski definition) is 4. The third kappa shape index (κ3) is 5.67. The Balaban J connectivity index is 4.14. The van der Waals surface area contributed by atoms with Gasteiger partial charge < -0.3 is 21.3 Å². The second kappa shape index (κ2) is 7.19. The molecule has 5 N–H and O–H groups in total. The molecule has 0 aromatic carbocycles. The van der Waals surface area contributed by atoms with E-state index in [0.29, 0.717) is 0 Å². The number of rotatable bonds is 7. The number of aliphatic carboxylic acids is 1. The minimum Gasteiger partial charge on any atom is -0.480 e. The lowest BCUT2D eigenvalue weighted by Crippen LogP contribution is -2.44. The van der Waals surface area contributed by atoms with Crippen LogP contribution in [0.25, 0.3) is 0 Å². The van der Waals surface area contributed by atoms with Crippen molar-refractivity contribution in [1.82, 2.24) is 5.32 Å². The SMILES string of the molecule is CC(C)C(N)CC(=O)N[C@H](CCO)C(=O)O. The first-order valence-electron chi connectivity index (χ1n) is 5.27. The highest BCUT2D eigenvalue weighted by Crippen LogP contribution is 2.03. The highest BCUT2D eigenvalue weighted by atomic mass is 16.4. The van der Waals surface area contributed by atoms with E-state index in [1.807, 2.05) is 13.8 Å². The van der Waals surface area contributed by atoms with E-state index in [1.54, 1.807) is 0 Å². The van der Waals surface area contributed by atoms with Crippen LogP contribution in [0.5, 0.6) is 0 Å². The number of carbonyl (C=O) groups is 2. The lowest BCUT2D eigenvalue weighted by Gasteiger charge is -2.17. The molecule has 0 bridgehead atoms. The van der Waals surface area contributed by atoms with Crippen LogP contribution in [0.3, 0.4) is 0 Å². The van der Waals surface area contributed by atoms with Crippen LogP contribution in [0, 0.1) is 5.92 Å². The molecule has 16 heavy (non-hydrogen) atoms. The van der Waals surface area contributed by atoms with Crippen molar-refractivity contribution >= 4 is 11.9 Å². The second-order valence-electron chi connectivity index (χ2n) is 4.08. The third-order valence-corrected chi connectivity index (χ3v) is 2.33. The Morgan fingerprint density at radius 3 is 2.31 bits per heavy atom. The average Bonchev–Trinajstić information content (AvgIpc) is 2.16. The molecule has 2 atom stereocenters. The smallest absolute Gasteiger partial charge is 0.326 e. The maximum atomic E-state index is 11.4. The van der Waals surface area contributed by atoms with Crippen LogP contribution >= 0.6 is 0 Å². The van der Waals surface area contributed by atoms with E-state index in [9.17, 15) is 9.59 Å².